The third-order valence-electron chi connectivity index (χ3n) is 14.3. The van der Waals surface area contributed by atoms with Crippen LogP contribution in [0.3, 0.4) is 0 Å². The molecule has 0 spiro atoms. The normalized spacial score (nSPS) is 55.0. The first kappa shape index (κ1) is 32.0. The van der Waals surface area contributed by atoms with Gasteiger partial charge in [-0.3, -0.25) is 42.5 Å². The van der Waals surface area contributed by atoms with Gasteiger partial charge in [-0.15, -0.1) is 23.2 Å². The van der Waals surface area contributed by atoms with E-state index in [1.54, 1.807) is 0 Å². The van der Waals surface area contributed by atoms with Crippen LogP contribution in [0, 0.1) is 53.3 Å². The molecule has 17 atom stereocenters. The van der Waals surface area contributed by atoms with Crippen molar-refractivity contribution in [1.82, 2.24) is 42.5 Å². The van der Waals surface area contributed by atoms with E-state index in [0.29, 0.717) is 90.3 Å². The second kappa shape index (κ2) is 13.2. The van der Waals surface area contributed by atoms with Crippen molar-refractivity contribution >= 4 is 23.2 Å². The van der Waals surface area contributed by atoms with Gasteiger partial charge < -0.3 is 0 Å². The summed E-state index contributed by atoms with van der Waals surface area (Å²) in [4.78, 5) is -0.314. The number of halogens is 2. The van der Waals surface area contributed by atoms with Crippen LogP contribution in [0.25, 0.3) is 0 Å². The van der Waals surface area contributed by atoms with E-state index in [1.807, 2.05) is 0 Å². The molecule has 44 heavy (non-hydrogen) atoms. The summed E-state index contributed by atoms with van der Waals surface area (Å²) >= 11 is 13.5. The molecular weight excluding hydrogens is 638 g/mol. The number of alkyl halides is 2. The topological polar surface area (TPSA) is 96.2 Å². The van der Waals surface area contributed by atoms with E-state index < -0.39 is 0 Å². The zero-order valence-corrected chi connectivity index (χ0v) is 28.6. The van der Waals surface area contributed by atoms with Crippen LogP contribution >= 0.6 is 23.2 Å². The summed E-state index contributed by atoms with van der Waals surface area (Å²) in [5.74, 6) is 5.46. The van der Waals surface area contributed by atoms with Gasteiger partial charge >= 0.3 is 0 Å². The molecule has 0 radical (unpaired) electrons. The van der Waals surface area contributed by atoms with E-state index in [0.717, 1.165) is 6.42 Å². The Balaban J connectivity index is 0.00000289. The Bertz CT molecular complexity index is 1010. The molecule has 5 aliphatic heterocycles. The molecule has 9 fully saturated rings. The third-order valence-corrected chi connectivity index (χ3v) is 14.9. The van der Waals surface area contributed by atoms with Crippen molar-refractivity contribution in [3.8, 4) is 0 Å². The van der Waals surface area contributed by atoms with E-state index in [2.05, 4.69) is 42.5 Å². The molecule has 17 unspecified atom stereocenters. The van der Waals surface area contributed by atoms with Gasteiger partial charge in [-0.1, -0.05) is 44.9 Å². The third kappa shape index (κ3) is 5.56. The first-order valence-corrected chi connectivity index (χ1v) is 19.4. The molecule has 0 aromatic carbocycles. The molecule has 9 aliphatic rings. The summed E-state index contributed by atoms with van der Waals surface area (Å²) in [6.07, 6.45) is 22.4. The molecule has 252 valence electrons. The largest absolute Gasteiger partial charge is 0.286 e. The maximum atomic E-state index is 6.76. The minimum absolute atomic E-state index is 0. The van der Waals surface area contributed by atoms with E-state index in [-0.39, 0.29) is 33.7 Å². The van der Waals surface area contributed by atoms with Crippen LogP contribution in [-0.4, -0.2) is 54.2 Å². The fourth-order valence-electron chi connectivity index (χ4n) is 12.4. The Hall–Kier alpha value is 0.754. The molecule has 8 N–H and O–H groups in total. The van der Waals surface area contributed by atoms with Gasteiger partial charge in [-0.25, -0.2) is 0 Å². The summed E-state index contributed by atoms with van der Waals surface area (Å²) in [5, 5.41) is 33.6. The van der Waals surface area contributed by atoms with Gasteiger partial charge in [0.1, 0.15) is 4.84 Å². The zero-order chi connectivity index (χ0) is 28.7. The fourth-order valence-corrected chi connectivity index (χ4v) is 13.0. The predicted molar refractivity (Wildman–Crippen MR) is 172 cm³/mol. The average molecular weight is 694 g/mol. The number of fused-ring (bicyclic) bond motifs is 20. The Kier molecular flexibility index (Phi) is 9.62. The number of rotatable bonds is 1. The van der Waals surface area contributed by atoms with Crippen molar-refractivity contribution in [3.63, 3.8) is 0 Å². The quantitative estimate of drug-likeness (QED) is 0.156. The van der Waals surface area contributed by atoms with Crippen molar-refractivity contribution in [1.29, 1.82) is 0 Å². The Morgan fingerprint density at radius 2 is 0.614 bits per heavy atom. The van der Waals surface area contributed by atoms with Crippen LogP contribution < -0.4 is 42.5 Å². The van der Waals surface area contributed by atoms with Crippen LogP contribution in [0.1, 0.15) is 96.3 Å². The van der Waals surface area contributed by atoms with Crippen molar-refractivity contribution in [2.24, 2.45) is 53.3 Å². The van der Waals surface area contributed by atoms with Crippen LogP contribution in [0.2, 0.25) is 0 Å². The molecule has 5 saturated heterocycles. The molecule has 4 saturated carbocycles. The Labute approximate surface area is 284 Å². The Morgan fingerprint density at radius 3 is 0.932 bits per heavy atom. The van der Waals surface area contributed by atoms with Crippen molar-refractivity contribution in [2.75, 3.05) is 0 Å². The molecule has 8 nitrogen and oxygen atoms in total. The summed E-state index contributed by atoms with van der Waals surface area (Å²) < 4.78 is 0. The first-order valence-electron chi connectivity index (χ1n) is 18.5. The fraction of sp³-hybridized carbons (Fsp3) is 1.00. The molecule has 11 heteroatoms. The maximum absolute atomic E-state index is 6.76. The maximum Gasteiger partial charge on any atom is 0.111 e. The van der Waals surface area contributed by atoms with E-state index >= 15 is 0 Å². The average Bonchev–Trinajstić information content (AvgIpc) is 3.76. The molecule has 5 heterocycles. The summed E-state index contributed by atoms with van der Waals surface area (Å²) in [5.41, 5.74) is 0. The van der Waals surface area contributed by atoms with Gasteiger partial charge in [0.25, 0.3) is 0 Å². The Morgan fingerprint density at radius 1 is 0.341 bits per heavy atom. The molecule has 0 aromatic rings. The van der Waals surface area contributed by atoms with Gasteiger partial charge in [0.15, 0.2) is 0 Å². The summed E-state index contributed by atoms with van der Waals surface area (Å²) in [7, 11) is 0. The summed E-state index contributed by atoms with van der Waals surface area (Å²) in [6.45, 7) is 0. The smallest absolute Gasteiger partial charge is 0.111 e. The van der Waals surface area contributed by atoms with Gasteiger partial charge in [0.2, 0.25) is 0 Å². The minimum atomic E-state index is -0.314. The van der Waals surface area contributed by atoms with Crippen molar-refractivity contribution in [2.45, 2.75) is 150 Å². The van der Waals surface area contributed by atoms with Gasteiger partial charge in [0, 0.05) is 16.5 Å². The summed E-state index contributed by atoms with van der Waals surface area (Å²) in [6, 6.07) is 0. The standard InChI is InChI=1S/C33H56Cl2N8.Ni/c34-25(35)22-14-7-15-23-24(22)33-42-31-21-13-6-5-12-20(21)29(40-31)38-27-17-9-2-1-8-16(17)26(36-27)37-28-18-10-3-4-11-19(18)30(39-28)41-32(23)43-33;/h16-33,36-43H,1-15H2;. The molecule has 0 amide bonds. The van der Waals surface area contributed by atoms with Gasteiger partial charge in [0.05, 0.1) is 49.3 Å². The van der Waals surface area contributed by atoms with E-state index in [4.69, 9.17) is 23.2 Å². The van der Waals surface area contributed by atoms with E-state index in [1.165, 1.54) is 89.9 Å². The van der Waals surface area contributed by atoms with Crippen molar-refractivity contribution < 1.29 is 16.5 Å². The number of hydrogen-bond acceptors (Lipinski definition) is 8. The molecule has 0 aromatic heterocycles. The molecule has 4 aliphatic carbocycles. The van der Waals surface area contributed by atoms with Gasteiger partial charge in [-0.05, 0) is 105 Å². The minimum Gasteiger partial charge on any atom is -0.286 e. The van der Waals surface area contributed by atoms with Crippen LogP contribution in [0.15, 0.2) is 0 Å². The zero-order valence-electron chi connectivity index (χ0n) is 26.1. The molecular formula is C33H56Cl2N8Ni. The SMILES string of the molecule is ClC(Cl)C1CCCC2C3NC4NC(NC5NC(NC6NC(NC(N3)C12)C1CCCCC61)C1CCCCC51)C1CCCCC41.[Ni]. The number of hydrogen-bond donors (Lipinski definition) is 8. The second-order valence-electron chi connectivity index (χ2n) is 16.2. The molecule has 9 rings (SSSR count). The molecule has 8 bridgehead atoms. The van der Waals surface area contributed by atoms with Crippen molar-refractivity contribution in [3.05, 3.63) is 0 Å². The second-order valence-corrected chi connectivity index (χ2v) is 17.3. The number of nitrogens with one attached hydrogen (secondary N) is 8. The first-order chi connectivity index (χ1) is 21.1. The van der Waals surface area contributed by atoms with Gasteiger partial charge in [-0.2, -0.15) is 0 Å². The monoisotopic (exact) mass is 692 g/mol. The van der Waals surface area contributed by atoms with Crippen LogP contribution in [0.4, 0.5) is 0 Å². The van der Waals surface area contributed by atoms with Crippen LogP contribution in [0.5, 0.6) is 0 Å². The van der Waals surface area contributed by atoms with E-state index in [9.17, 15) is 0 Å². The predicted octanol–water partition coefficient (Wildman–Crippen LogP) is 3.63. The van der Waals surface area contributed by atoms with Crippen LogP contribution in [-0.2, 0) is 16.5 Å².